The van der Waals surface area contributed by atoms with Gasteiger partial charge in [-0.1, -0.05) is 5.92 Å². The van der Waals surface area contributed by atoms with E-state index in [4.69, 9.17) is 10.5 Å². The lowest BCUT2D eigenvalue weighted by Gasteiger charge is -2.21. The standard InChI is InChI=1S/C21H23N5O2/c1-21(2,27)7-3-15-11-18-16(12-24-15)17(14-5-9-28-10-6-14)13-26(18)19-4-8-23-20(22)25-19/h4,8,11-14,27H,5-6,9-10H2,1-2H3,(H2,22,23,25). The van der Waals surface area contributed by atoms with E-state index in [0.717, 1.165) is 37.0 Å². The molecule has 1 aliphatic rings. The Morgan fingerprint density at radius 3 is 2.79 bits per heavy atom. The van der Waals surface area contributed by atoms with Gasteiger partial charge in [0.15, 0.2) is 0 Å². The highest BCUT2D eigenvalue weighted by molar-refractivity contribution is 5.86. The van der Waals surface area contributed by atoms with E-state index in [1.807, 2.05) is 22.9 Å². The minimum Gasteiger partial charge on any atom is -0.381 e. The van der Waals surface area contributed by atoms with Gasteiger partial charge in [-0.05, 0) is 56.2 Å². The van der Waals surface area contributed by atoms with Gasteiger partial charge in [0.2, 0.25) is 5.95 Å². The molecule has 28 heavy (non-hydrogen) atoms. The Hall–Kier alpha value is -2.95. The van der Waals surface area contributed by atoms with Crippen LogP contribution in [0.1, 0.15) is 43.9 Å². The average Bonchev–Trinajstić information content (AvgIpc) is 3.05. The minimum atomic E-state index is -1.08. The average molecular weight is 377 g/mol. The molecule has 7 nitrogen and oxygen atoms in total. The maximum Gasteiger partial charge on any atom is 0.221 e. The molecule has 7 heteroatoms. The van der Waals surface area contributed by atoms with Gasteiger partial charge >= 0.3 is 0 Å². The molecular weight excluding hydrogens is 354 g/mol. The molecule has 0 aromatic carbocycles. The smallest absolute Gasteiger partial charge is 0.221 e. The molecule has 3 aromatic heterocycles. The lowest BCUT2D eigenvalue weighted by molar-refractivity contribution is 0.0856. The second-order valence-corrected chi connectivity index (χ2v) is 7.51. The fraction of sp³-hybridized carbons (Fsp3) is 0.381. The normalized spacial score (nSPS) is 15.4. The lowest BCUT2D eigenvalue weighted by Crippen LogP contribution is -2.14. The van der Waals surface area contributed by atoms with Gasteiger partial charge in [0.1, 0.15) is 17.1 Å². The SMILES string of the molecule is CC(C)(O)C#Cc1cc2c(cn1)c(C1CCOCC1)cn2-c1ccnc(N)n1. The van der Waals surface area contributed by atoms with Crippen LogP contribution >= 0.6 is 0 Å². The lowest BCUT2D eigenvalue weighted by atomic mass is 9.92. The summed E-state index contributed by atoms with van der Waals surface area (Å²) < 4.78 is 7.53. The molecule has 0 saturated carbocycles. The second-order valence-electron chi connectivity index (χ2n) is 7.51. The highest BCUT2D eigenvalue weighted by Crippen LogP contribution is 2.35. The third-order valence-corrected chi connectivity index (χ3v) is 4.78. The van der Waals surface area contributed by atoms with E-state index in [1.165, 1.54) is 5.56 Å². The summed E-state index contributed by atoms with van der Waals surface area (Å²) in [5, 5.41) is 10.9. The van der Waals surface area contributed by atoms with E-state index < -0.39 is 5.60 Å². The van der Waals surface area contributed by atoms with Crippen molar-refractivity contribution in [1.29, 1.82) is 0 Å². The first-order valence-electron chi connectivity index (χ1n) is 9.34. The highest BCUT2D eigenvalue weighted by Gasteiger charge is 2.22. The predicted octanol–water partition coefficient (Wildman–Crippen LogP) is 2.41. The molecule has 3 aromatic rings. The number of hydrogen-bond donors (Lipinski definition) is 2. The number of rotatable bonds is 2. The van der Waals surface area contributed by atoms with Crippen LogP contribution in [0.25, 0.3) is 16.7 Å². The molecule has 0 spiro atoms. The van der Waals surface area contributed by atoms with E-state index >= 15 is 0 Å². The monoisotopic (exact) mass is 377 g/mol. The van der Waals surface area contributed by atoms with Gasteiger partial charge in [0, 0.05) is 37.2 Å². The zero-order chi connectivity index (χ0) is 19.7. The van der Waals surface area contributed by atoms with E-state index in [-0.39, 0.29) is 5.95 Å². The number of aromatic nitrogens is 4. The molecule has 4 heterocycles. The number of aliphatic hydroxyl groups is 1. The van der Waals surface area contributed by atoms with Gasteiger partial charge in [-0.3, -0.25) is 0 Å². The summed E-state index contributed by atoms with van der Waals surface area (Å²) in [4.78, 5) is 12.9. The van der Waals surface area contributed by atoms with Crippen molar-refractivity contribution in [2.45, 2.75) is 38.2 Å². The number of nitrogens with two attached hydrogens (primary N) is 1. The van der Waals surface area contributed by atoms with Crippen molar-refractivity contribution in [2.75, 3.05) is 18.9 Å². The van der Waals surface area contributed by atoms with Gasteiger partial charge in [0.05, 0.1) is 5.52 Å². The molecule has 1 aliphatic heterocycles. The zero-order valence-corrected chi connectivity index (χ0v) is 16.0. The van der Waals surface area contributed by atoms with E-state index in [9.17, 15) is 5.11 Å². The van der Waals surface area contributed by atoms with Gasteiger partial charge in [-0.25, -0.2) is 9.97 Å². The Morgan fingerprint density at radius 2 is 2.07 bits per heavy atom. The van der Waals surface area contributed by atoms with Crippen molar-refractivity contribution in [3.8, 4) is 17.7 Å². The molecular formula is C21H23N5O2. The summed E-state index contributed by atoms with van der Waals surface area (Å²) in [5.74, 6) is 7.10. The van der Waals surface area contributed by atoms with Crippen LogP contribution in [-0.4, -0.2) is 43.4 Å². The summed E-state index contributed by atoms with van der Waals surface area (Å²) in [6.07, 6.45) is 7.57. The summed E-state index contributed by atoms with van der Waals surface area (Å²) in [5.41, 5.74) is 7.50. The Labute approximate surface area is 163 Å². The molecule has 1 saturated heterocycles. The molecule has 144 valence electrons. The first kappa shape index (κ1) is 18.4. The Bertz CT molecular complexity index is 1070. The Kier molecular flexibility index (Phi) is 4.75. The number of hydrogen-bond acceptors (Lipinski definition) is 6. The van der Waals surface area contributed by atoms with Crippen molar-refractivity contribution in [3.05, 3.63) is 42.0 Å². The van der Waals surface area contributed by atoms with E-state index in [2.05, 4.69) is 33.0 Å². The van der Waals surface area contributed by atoms with Crippen molar-refractivity contribution in [3.63, 3.8) is 0 Å². The van der Waals surface area contributed by atoms with Crippen LogP contribution in [0, 0.1) is 11.8 Å². The maximum absolute atomic E-state index is 9.88. The van der Waals surface area contributed by atoms with Crippen LogP contribution in [0.15, 0.2) is 30.7 Å². The third-order valence-electron chi connectivity index (χ3n) is 4.78. The number of fused-ring (bicyclic) bond motifs is 1. The molecule has 0 radical (unpaired) electrons. The summed E-state index contributed by atoms with van der Waals surface area (Å²) in [7, 11) is 0. The van der Waals surface area contributed by atoms with Crippen LogP contribution in [0.5, 0.6) is 0 Å². The first-order chi connectivity index (χ1) is 13.4. The van der Waals surface area contributed by atoms with Crippen LogP contribution < -0.4 is 5.73 Å². The van der Waals surface area contributed by atoms with Crippen molar-refractivity contribution < 1.29 is 9.84 Å². The number of pyridine rings is 1. The van der Waals surface area contributed by atoms with Gasteiger partial charge in [0.25, 0.3) is 0 Å². The predicted molar refractivity (Wildman–Crippen MR) is 107 cm³/mol. The summed E-state index contributed by atoms with van der Waals surface area (Å²) in [6.45, 7) is 4.82. The third kappa shape index (κ3) is 3.84. The molecule has 0 amide bonds. The topological polar surface area (TPSA) is 99.1 Å². The van der Waals surface area contributed by atoms with Crippen molar-refractivity contribution in [1.82, 2.24) is 19.5 Å². The fourth-order valence-corrected chi connectivity index (χ4v) is 3.45. The van der Waals surface area contributed by atoms with Crippen LogP contribution in [0.3, 0.4) is 0 Å². The number of nitrogens with zero attached hydrogens (tertiary/aromatic N) is 4. The van der Waals surface area contributed by atoms with E-state index in [1.54, 1.807) is 20.0 Å². The quantitative estimate of drug-likeness (QED) is 0.666. The maximum atomic E-state index is 9.88. The largest absolute Gasteiger partial charge is 0.381 e. The summed E-state index contributed by atoms with van der Waals surface area (Å²) >= 11 is 0. The molecule has 4 rings (SSSR count). The Balaban J connectivity index is 1.88. The number of nitrogen functional groups attached to an aromatic ring is 1. The van der Waals surface area contributed by atoms with Crippen molar-refractivity contribution in [2.24, 2.45) is 0 Å². The fourth-order valence-electron chi connectivity index (χ4n) is 3.45. The van der Waals surface area contributed by atoms with Gasteiger partial charge in [-0.2, -0.15) is 4.98 Å². The van der Waals surface area contributed by atoms with Crippen molar-refractivity contribution >= 4 is 16.9 Å². The molecule has 0 aliphatic carbocycles. The first-order valence-corrected chi connectivity index (χ1v) is 9.34. The Morgan fingerprint density at radius 1 is 1.29 bits per heavy atom. The van der Waals surface area contributed by atoms with Crippen LogP contribution in [0.2, 0.25) is 0 Å². The van der Waals surface area contributed by atoms with Crippen LogP contribution in [-0.2, 0) is 4.74 Å². The van der Waals surface area contributed by atoms with Crippen LogP contribution in [0.4, 0.5) is 5.95 Å². The molecule has 0 bridgehead atoms. The zero-order valence-electron chi connectivity index (χ0n) is 16.0. The number of anilines is 1. The second kappa shape index (κ2) is 7.23. The molecule has 3 N–H and O–H groups in total. The molecule has 0 unspecified atom stereocenters. The molecule has 0 atom stereocenters. The minimum absolute atomic E-state index is 0.225. The van der Waals surface area contributed by atoms with E-state index in [0.29, 0.717) is 17.4 Å². The highest BCUT2D eigenvalue weighted by atomic mass is 16.5. The molecule has 1 fully saturated rings. The van der Waals surface area contributed by atoms with Gasteiger partial charge < -0.3 is 20.1 Å². The summed E-state index contributed by atoms with van der Waals surface area (Å²) in [6, 6.07) is 3.75. The number of ether oxygens (including phenoxy) is 1. The van der Waals surface area contributed by atoms with Gasteiger partial charge in [-0.15, -0.1) is 0 Å².